The van der Waals surface area contributed by atoms with Crippen molar-refractivity contribution < 1.29 is 18.7 Å². The van der Waals surface area contributed by atoms with Crippen molar-refractivity contribution >= 4 is 11.9 Å². The van der Waals surface area contributed by atoms with Crippen LogP contribution in [0.1, 0.15) is 39.0 Å². The van der Waals surface area contributed by atoms with Gasteiger partial charge in [0.15, 0.2) is 5.67 Å². The van der Waals surface area contributed by atoms with E-state index in [1.165, 1.54) is 0 Å². The van der Waals surface area contributed by atoms with E-state index in [0.29, 0.717) is 38.2 Å². The number of fused-ring (bicyclic) bond motifs is 4. The summed E-state index contributed by atoms with van der Waals surface area (Å²) in [5, 5.41) is 3.17. The van der Waals surface area contributed by atoms with Gasteiger partial charge in [-0.25, -0.2) is 14.4 Å². The number of hydrogen-bond acceptors (Lipinski definition) is 7. The molecule has 8 nitrogen and oxygen atoms in total. The minimum atomic E-state index is -1.86. The number of methoxy groups -OCH3 is 1. The van der Waals surface area contributed by atoms with Gasteiger partial charge in [-0.05, 0) is 75.5 Å². The molecule has 0 spiro atoms. The maximum atomic E-state index is 15.9. The van der Waals surface area contributed by atoms with Crippen LogP contribution in [0, 0.1) is 5.92 Å². The summed E-state index contributed by atoms with van der Waals surface area (Å²) < 4.78 is 26.6. The number of nitrogens with zero attached hydrogens (tertiary/aromatic N) is 4. The van der Waals surface area contributed by atoms with Crippen molar-refractivity contribution in [1.82, 2.24) is 20.2 Å². The van der Waals surface area contributed by atoms with Gasteiger partial charge in [0.05, 0.1) is 12.3 Å². The molecule has 4 saturated heterocycles. The first-order valence-corrected chi connectivity index (χ1v) is 13.4. The SMILES string of the molecule is COCCOc1ccc(-c2ccnc(N3CCC(F)(C(=O)NC4(C)CCN5CCC4CC5)CC3)n2)cc1. The standard InChI is InChI=1S/C28H38FN5O3/c1-27(10-16-33-14-8-22(27)9-15-33)32-25(35)28(29)11-17-34(18-12-28)26-30-13-7-24(31-26)21-3-5-23(6-4-21)37-20-19-36-2/h3-7,13,22H,8-12,14-20H2,1-2H3,(H,32,35). The minimum Gasteiger partial charge on any atom is -0.491 e. The molecule has 2 aromatic rings. The highest BCUT2D eigenvalue weighted by atomic mass is 19.1. The molecule has 1 aromatic carbocycles. The Hall–Kier alpha value is -2.78. The number of benzene rings is 1. The van der Waals surface area contributed by atoms with E-state index in [9.17, 15) is 4.79 Å². The summed E-state index contributed by atoms with van der Waals surface area (Å²) in [6, 6.07) is 9.58. The molecular weight excluding hydrogens is 473 g/mol. The van der Waals surface area contributed by atoms with E-state index in [1.807, 2.05) is 35.2 Å². The molecule has 0 aliphatic carbocycles. The zero-order valence-electron chi connectivity index (χ0n) is 21.9. The van der Waals surface area contributed by atoms with Crippen molar-refractivity contribution in [3.8, 4) is 17.0 Å². The zero-order valence-corrected chi connectivity index (χ0v) is 21.9. The quantitative estimate of drug-likeness (QED) is 0.544. The number of carbonyl (C=O) groups excluding carboxylic acids is 1. The van der Waals surface area contributed by atoms with E-state index >= 15 is 4.39 Å². The lowest BCUT2D eigenvalue weighted by Crippen LogP contribution is -2.59. The highest BCUT2D eigenvalue weighted by molar-refractivity contribution is 5.86. The number of piperidine rings is 2. The number of rotatable bonds is 8. The third-order valence-corrected chi connectivity index (χ3v) is 8.43. The number of amides is 1. The predicted molar refractivity (Wildman–Crippen MR) is 140 cm³/mol. The van der Waals surface area contributed by atoms with Gasteiger partial charge < -0.3 is 24.6 Å². The average molecular weight is 512 g/mol. The summed E-state index contributed by atoms with van der Waals surface area (Å²) in [4.78, 5) is 26.8. The van der Waals surface area contributed by atoms with Crippen LogP contribution in [-0.2, 0) is 9.53 Å². The second kappa shape index (κ2) is 10.9. The Balaban J connectivity index is 1.20. The number of halogens is 1. The third kappa shape index (κ3) is 5.72. The number of aromatic nitrogens is 2. The van der Waals surface area contributed by atoms with Crippen LogP contribution in [0.5, 0.6) is 5.75 Å². The summed E-state index contributed by atoms with van der Waals surface area (Å²) >= 11 is 0. The number of ether oxygens (including phenoxy) is 2. The Kier molecular flexibility index (Phi) is 7.62. The first kappa shape index (κ1) is 25.9. The molecule has 1 N–H and O–H groups in total. The predicted octanol–water partition coefficient (Wildman–Crippen LogP) is 3.47. The summed E-state index contributed by atoms with van der Waals surface area (Å²) in [6.45, 7) is 7.07. The van der Waals surface area contributed by atoms with Crippen LogP contribution in [0.3, 0.4) is 0 Å². The van der Waals surface area contributed by atoms with Gasteiger partial charge in [0.1, 0.15) is 12.4 Å². The molecule has 6 rings (SSSR count). The molecule has 9 heteroatoms. The Labute approximate surface area is 218 Å². The van der Waals surface area contributed by atoms with Gasteiger partial charge in [-0.2, -0.15) is 0 Å². The summed E-state index contributed by atoms with van der Waals surface area (Å²) in [5.41, 5.74) is -0.461. The smallest absolute Gasteiger partial charge is 0.258 e. The van der Waals surface area contributed by atoms with Crippen molar-refractivity contribution in [2.75, 3.05) is 57.9 Å². The van der Waals surface area contributed by atoms with Crippen molar-refractivity contribution in [2.24, 2.45) is 5.92 Å². The monoisotopic (exact) mass is 511 g/mol. The second-order valence-electron chi connectivity index (χ2n) is 10.8. The zero-order chi connectivity index (χ0) is 25.9. The molecular formula is C28H38FN5O3. The van der Waals surface area contributed by atoms with Crippen LogP contribution in [0.2, 0.25) is 0 Å². The fourth-order valence-electron chi connectivity index (χ4n) is 5.84. The van der Waals surface area contributed by atoms with Crippen LogP contribution in [-0.4, -0.2) is 85.0 Å². The van der Waals surface area contributed by atoms with Crippen molar-refractivity contribution in [3.05, 3.63) is 36.5 Å². The van der Waals surface area contributed by atoms with E-state index < -0.39 is 11.6 Å². The van der Waals surface area contributed by atoms with Crippen LogP contribution >= 0.6 is 0 Å². The molecule has 1 aromatic heterocycles. The number of alkyl halides is 1. The topological polar surface area (TPSA) is 79.8 Å². The Morgan fingerprint density at radius 3 is 2.49 bits per heavy atom. The maximum absolute atomic E-state index is 15.9. The molecule has 37 heavy (non-hydrogen) atoms. The normalized spacial score (nSPS) is 26.9. The van der Waals surface area contributed by atoms with Crippen molar-refractivity contribution in [3.63, 3.8) is 0 Å². The Morgan fingerprint density at radius 1 is 1.05 bits per heavy atom. The van der Waals surface area contributed by atoms with Crippen LogP contribution in [0.4, 0.5) is 10.3 Å². The van der Waals surface area contributed by atoms with Crippen molar-refractivity contribution in [2.45, 2.75) is 50.2 Å². The van der Waals surface area contributed by atoms with E-state index in [4.69, 9.17) is 14.5 Å². The molecule has 1 unspecified atom stereocenters. The Bertz CT molecular complexity index is 1070. The van der Waals surface area contributed by atoms with Gasteiger partial charge in [-0.15, -0.1) is 0 Å². The third-order valence-electron chi connectivity index (χ3n) is 8.43. The molecule has 4 aliphatic heterocycles. The van der Waals surface area contributed by atoms with Gasteiger partial charge in [-0.1, -0.05) is 0 Å². The molecule has 4 fully saturated rings. The highest BCUT2D eigenvalue weighted by Gasteiger charge is 2.47. The molecule has 0 saturated carbocycles. The van der Waals surface area contributed by atoms with E-state index in [1.54, 1.807) is 13.3 Å². The van der Waals surface area contributed by atoms with Gasteiger partial charge >= 0.3 is 0 Å². The lowest BCUT2D eigenvalue weighted by atomic mass is 9.78. The summed E-state index contributed by atoms with van der Waals surface area (Å²) in [6.07, 6.45) is 5.01. The van der Waals surface area contributed by atoms with Crippen LogP contribution < -0.4 is 15.0 Å². The second-order valence-corrected chi connectivity index (χ2v) is 10.8. The molecule has 4 aliphatic rings. The maximum Gasteiger partial charge on any atom is 0.258 e. The Morgan fingerprint density at radius 2 is 1.78 bits per heavy atom. The van der Waals surface area contributed by atoms with Gasteiger partial charge in [-0.3, -0.25) is 4.79 Å². The number of carbonyl (C=O) groups is 1. The largest absolute Gasteiger partial charge is 0.491 e. The van der Waals surface area contributed by atoms with Crippen LogP contribution in [0.25, 0.3) is 11.3 Å². The molecule has 5 heterocycles. The molecule has 1 atom stereocenters. The summed E-state index contributed by atoms with van der Waals surface area (Å²) in [5.74, 6) is 1.30. The first-order chi connectivity index (χ1) is 17.9. The average Bonchev–Trinajstić information content (AvgIpc) is 3.18. The van der Waals surface area contributed by atoms with E-state index in [-0.39, 0.29) is 18.4 Å². The lowest BCUT2D eigenvalue weighted by molar-refractivity contribution is -0.137. The van der Waals surface area contributed by atoms with E-state index in [0.717, 1.165) is 55.9 Å². The van der Waals surface area contributed by atoms with Gasteiger partial charge in [0, 0.05) is 56.9 Å². The molecule has 1 amide bonds. The fraction of sp³-hybridized carbons (Fsp3) is 0.607. The number of hydrogen-bond donors (Lipinski definition) is 1. The van der Waals surface area contributed by atoms with E-state index in [2.05, 4.69) is 22.1 Å². The lowest BCUT2D eigenvalue weighted by Gasteiger charge is -2.41. The minimum absolute atomic E-state index is 0.132. The van der Waals surface area contributed by atoms with Gasteiger partial charge in [0.25, 0.3) is 5.91 Å². The fourth-order valence-corrected chi connectivity index (χ4v) is 5.84. The first-order valence-electron chi connectivity index (χ1n) is 13.4. The number of nitrogens with one attached hydrogen (secondary N) is 1. The molecule has 2 bridgehead atoms. The molecule has 200 valence electrons. The summed E-state index contributed by atoms with van der Waals surface area (Å²) in [7, 11) is 1.64. The van der Waals surface area contributed by atoms with Gasteiger partial charge in [0.2, 0.25) is 5.95 Å². The molecule has 0 radical (unpaired) electrons. The number of anilines is 1. The van der Waals surface area contributed by atoms with Crippen molar-refractivity contribution in [1.29, 1.82) is 0 Å². The van der Waals surface area contributed by atoms with Crippen LogP contribution in [0.15, 0.2) is 36.5 Å². The highest BCUT2D eigenvalue weighted by Crippen LogP contribution is 2.37.